The molecule has 1 N–H and O–H groups in total. The van der Waals surface area contributed by atoms with E-state index in [-0.39, 0.29) is 12.5 Å². The molecule has 0 radical (unpaired) electrons. The van der Waals surface area contributed by atoms with Crippen LogP contribution in [0.25, 0.3) is 0 Å². The van der Waals surface area contributed by atoms with Gasteiger partial charge in [-0.1, -0.05) is 48.5 Å². The summed E-state index contributed by atoms with van der Waals surface area (Å²) in [6, 6.07) is 26.0. The monoisotopic (exact) mass is 402 g/mol. The Balaban J connectivity index is 1.32. The third-order valence-electron chi connectivity index (χ3n) is 5.10. The molecule has 1 heterocycles. The number of benzene rings is 3. The molecule has 4 rings (SSSR count). The largest absolute Gasteiger partial charge is 0.483 e. The first-order valence-electron chi connectivity index (χ1n) is 10.3. The summed E-state index contributed by atoms with van der Waals surface area (Å²) < 4.78 is 11.2. The van der Waals surface area contributed by atoms with Gasteiger partial charge in [0.2, 0.25) is 0 Å². The predicted molar refractivity (Wildman–Crippen MR) is 119 cm³/mol. The number of carbonyl (C=O) groups excluding carboxylic acids is 1. The highest BCUT2D eigenvalue weighted by molar-refractivity contribution is 5.92. The van der Waals surface area contributed by atoms with E-state index in [1.54, 1.807) is 0 Å². The fourth-order valence-corrected chi connectivity index (χ4v) is 3.52. The van der Waals surface area contributed by atoms with Gasteiger partial charge in [-0.3, -0.25) is 4.79 Å². The molecule has 3 aromatic rings. The van der Waals surface area contributed by atoms with Crippen molar-refractivity contribution in [2.24, 2.45) is 0 Å². The van der Waals surface area contributed by atoms with E-state index in [1.807, 2.05) is 66.7 Å². The van der Waals surface area contributed by atoms with E-state index in [4.69, 9.17) is 9.47 Å². The molecule has 1 amide bonds. The minimum absolute atomic E-state index is 0.0307. The van der Waals surface area contributed by atoms with Crippen molar-refractivity contribution in [2.45, 2.75) is 6.42 Å². The Morgan fingerprint density at radius 1 is 0.900 bits per heavy atom. The van der Waals surface area contributed by atoms with Crippen molar-refractivity contribution >= 4 is 17.3 Å². The lowest BCUT2D eigenvalue weighted by Gasteiger charge is -2.28. The molecule has 0 aromatic heterocycles. The van der Waals surface area contributed by atoms with Crippen LogP contribution >= 0.6 is 0 Å². The Morgan fingerprint density at radius 3 is 2.37 bits per heavy atom. The zero-order valence-electron chi connectivity index (χ0n) is 16.9. The summed E-state index contributed by atoms with van der Waals surface area (Å²) in [5.41, 5.74) is 4.17. The van der Waals surface area contributed by atoms with Crippen LogP contribution in [0.1, 0.15) is 11.1 Å². The number of hydrogen-bond acceptors (Lipinski definition) is 4. The van der Waals surface area contributed by atoms with Gasteiger partial charge in [-0.15, -0.1) is 0 Å². The minimum Gasteiger partial charge on any atom is -0.483 e. The Labute approximate surface area is 177 Å². The maximum Gasteiger partial charge on any atom is 0.262 e. The summed E-state index contributed by atoms with van der Waals surface area (Å²) in [5, 5.41) is 2.90. The molecule has 1 saturated heterocycles. The van der Waals surface area contributed by atoms with Crippen molar-refractivity contribution in [3.05, 3.63) is 90.0 Å². The summed E-state index contributed by atoms with van der Waals surface area (Å²) in [7, 11) is 0. The molecule has 1 fully saturated rings. The van der Waals surface area contributed by atoms with E-state index in [9.17, 15) is 4.79 Å². The summed E-state index contributed by atoms with van der Waals surface area (Å²) in [6.07, 6.45) is 0.766. The van der Waals surface area contributed by atoms with Crippen LogP contribution in [0.3, 0.4) is 0 Å². The van der Waals surface area contributed by atoms with Gasteiger partial charge in [0, 0.05) is 30.9 Å². The molecule has 0 bridgehead atoms. The number of nitrogens with zero attached hydrogens (tertiary/aromatic N) is 1. The van der Waals surface area contributed by atoms with E-state index < -0.39 is 0 Å². The van der Waals surface area contributed by atoms with Crippen LogP contribution in [-0.2, 0) is 16.0 Å². The molecular weight excluding hydrogens is 376 g/mol. The Kier molecular flexibility index (Phi) is 6.62. The highest BCUT2D eigenvalue weighted by Crippen LogP contribution is 2.22. The predicted octanol–water partition coefficient (Wildman–Crippen LogP) is 4.13. The number of rotatable bonds is 7. The third-order valence-corrected chi connectivity index (χ3v) is 5.10. The first kappa shape index (κ1) is 20.0. The van der Waals surface area contributed by atoms with Crippen LogP contribution in [-0.4, -0.2) is 38.8 Å². The average Bonchev–Trinajstić information content (AvgIpc) is 2.80. The number of nitrogens with one attached hydrogen (secondary N) is 1. The van der Waals surface area contributed by atoms with E-state index in [2.05, 4.69) is 22.3 Å². The standard InChI is InChI=1S/C25H26N2O3/c28-25(26-22-10-12-23(13-11-22)27-14-16-29-17-15-27)19-30-24-9-5-4-8-21(24)18-20-6-2-1-3-7-20/h1-13H,14-19H2,(H,26,28). The molecule has 3 aromatic carbocycles. The fourth-order valence-electron chi connectivity index (χ4n) is 3.52. The SMILES string of the molecule is O=C(COc1ccccc1Cc1ccccc1)Nc1ccc(N2CCOCC2)cc1. The highest BCUT2D eigenvalue weighted by Gasteiger charge is 2.12. The zero-order chi connectivity index (χ0) is 20.6. The molecule has 0 atom stereocenters. The molecule has 30 heavy (non-hydrogen) atoms. The number of amides is 1. The van der Waals surface area contributed by atoms with Crippen molar-refractivity contribution < 1.29 is 14.3 Å². The second-order valence-electron chi connectivity index (χ2n) is 7.25. The number of para-hydroxylation sites is 1. The van der Waals surface area contributed by atoms with Crippen LogP contribution in [0.15, 0.2) is 78.9 Å². The molecule has 0 saturated carbocycles. The quantitative estimate of drug-likeness (QED) is 0.646. The molecule has 0 spiro atoms. The molecule has 5 heteroatoms. The van der Waals surface area contributed by atoms with Crippen LogP contribution < -0.4 is 15.0 Å². The number of morpholine rings is 1. The topological polar surface area (TPSA) is 50.8 Å². The lowest BCUT2D eigenvalue weighted by Crippen LogP contribution is -2.36. The van der Waals surface area contributed by atoms with Gasteiger partial charge in [-0.2, -0.15) is 0 Å². The van der Waals surface area contributed by atoms with Gasteiger partial charge >= 0.3 is 0 Å². The summed E-state index contributed by atoms with van der Waals surface area (Å²) in [6.45, 7) is 3.25. The molecule has 0 aliphatic carbocycles. The first-order valence-corrected chi connectivity index (χ1v) is 10.3. The maximum absolute atomic E-state index is 12.4. The van der Waals surface area contributed by atoms with Gasteiger partial charge in [0.1, 0.15) is 5.75 Å². The Bertz CT molecular complexity index is 952. The van der Waals surface area contributed by atoms with E-state index in [1.165, 1.54) is 5.56 Å². The van der Waals surface area contributed by atoms with Gasteiger partial charge < -0.3 is 19.7 Å². The van der Waals surface area contributed by atoms with Crippen molar-refractivity contribution in [3.63, 3.8) is 0 Å². The van der Waals surface area contributed by atoms with E-state index >= 15 is 0 Å². The number of ether oxygens (including phenoxy) is 2. The molecule has 5 nitrogen and oxygen atoms in total. The van der Waals surface area contributed by atoms with Crippen LogP contribution in [0.4, 0.5) is 11.4 Å². The lowest BCUT2D eigenvalue weighted by atomic mass is 10.0. The number of anilines is 2. The number of hydrogen-bond donors (Lipinski definition) is 1. The summed E-state index contributed by atoms with van der Waals surface area (Å²) in [5.74, 6) is 0.558. The van der Waals surface area contributed by atoms with E-state index in [0.29, 0.717) is 0 Å². The van der Waals surface area contributed by atoms with Gasteiger partial charge in [-0.25, -0.2) is 0 Å². The number of carbonyl (C=O) groups is 1. The molecule has 1 aliphatic rings. The van der Waals surface area contributed by atoms with Crippen molar-refractivity contribution in [1.82, 2.24) is 0 Å². The smallest absolute Gasteiger partial charge is 0.262 e. The van der Waals surface area contributed by atoms with Crippen molar-refractivity contribution in [2.75, 3.05) is 43.1 Å². The van der Waals surface area contributed by atoms with Crippen molar-refractivity contribution in [1.29, 1.82) is 0 Å². The second-order valence-corrected chi connectivity index (χ2v) is 7.25. The van der Waals surface area contributed by atoms with Gasteiger partial charge in [0.05, 0.1) is 13.2 Å². The normalized spacial score (nSPS) is 13.7. The highest BCUT2D eigenvalue weighted by atomic mass is 16.5. The van der Waals surface area contributed by atoms with Crippen LogP contribution in [0.2, 0.25) is 0 Å². The van der Waals surface area contributed by atoms with Gasteiger partial charge in [0.25, 0.3) is 5.91 Å². The Morgan fingerprint density at radius 2 is 1.60 bits per heavy atom. The minimum atomic E-state index is -0.177. The summed E-state index contributed by atoms with van der Waals surface area (Å²) in [4.78, 5) is 14.7. The molecule has 1 aliphatic heterocycles. The van der Waals surface area contributed by atoms with E-state index in [0.717, 1.165) is 55.4 Å². The summed E-state index contributed by atoms with van der Waals surface area (Å²) >= 11 is 0. The van der Waals surface area contributed by atoms with Gasteiger partial charge in [0.15, 0.2) is 6.61 Å². The average molecular weight is 402 g/mol. The third kappa shape index (κ3) is 5.39. The molecule has 154 valence electrons. The molecular formula is C25H26N2O3. The molecule has 0 unspecified atom stereocenters. The maximum atomic E-state index is 12.4. The van der Waals surface area contributed by atoms with Crippen LogP contribution in [0.5, 0.6) is 5.75 Å². The first-order chi connectivity index (χ1) is 14.8. The Hall–Kier alpha value is -3.31. The second kappa shape index (κ2) is 9.94. The van der Waals surface area contributed by atoms with Crippen molar-refractivity contribution in [3.8, 4) is 5.75 Å². The zero-order valence-corrected chi connectivity index (χ0v) is 16.9. The van der Waals surface area contributed by atoms with Crippen LogP contribution in [0, 0.1) is 0 Å². The lowest BCUT2D eigenvalue weighted by molar-refractivity contribution is -0.118. The van der Waals surface area contributed by atoms with Gasteiger partial charge in [-0.05, 0) is 41.5 Å². The fraction of sp³-hybridized carbons (Fsp3) is 0.240.